The third kappa shape index (κ3) is 1.56. The number of hydrogen-bond donors (Lipinski definition) is 1. The highest BCUT2D eigenvalue weighted by Gasteiger charge is 2.06. The Morgan fingerprint density at radius 2 is 1.93 bits per heavy atom. The molecular formula is C11H6N4. The highest BCUT2D eigenvalue weighted by atomic mass is 14.9. The van der Waals surface area contributed by atoms with Crippen LogP contribution in [0.1, 0.15) is 11.4 Å². The lowest BCUT2D eigenvalue weighted by Crippen LogP contribution is -1.83. The third-order valence-electron chi connectivity index (χ3n) is 2.02. The molecule has 0 radical (unpaired) electrons. The summed E-state index contributed by atoms with van der Waals surface area (Å²) >= 11 is 0. The molecule has 0 amide bonds. The molecule has 0 aliphatic carbocycles. The molecule has 0 atom stereocenters. The lowest BCUT2D eigenvalue weighted by molar-refractivity contribution is 1.23. The molecule has 0 aliphatic rings. The van der Waals surface area contributed by atoms with E-state index in [1.807, 2.05) is 18.2 Å². The van der Waals surface area contributed by atoms with E-state index in [1.165, 1.54) is 0 Å². The van der Waals surface area contributed by atoms with Crippen molar-refractivity contribution in [2.45, 2.75) is 0 Å². The number of H-pyrrole nitrogens is 1. The Balaban J connectivity index is 2.55. The molecule has 0 saturated carbocycles. The van der Waals surface area contributed by atoms with Crippen LogP contribution in [0.25, 0.3) is 11.3 Å². The van der Waals surface area contributed by atoms with Crippen LogP contribution in [0.2, 0.25) is 0 Å². The third-order valence-corrected chi connectivity index (χ3v) is 2.02. The molecule has 4 nitrogen and oxygen atoms in total. The zero-order valence-electron chi connectivity index (χ0n) is 7.73. The van der Waals surface area contributed by atoms with E-state index in [0.29, 0.717) is 11.3 Å². The summed E-state index contributed by atoms with van der Waals surface area (Å²) in [5, 5.41) is 17.5. The molecule has 70 valence electrons. The van der Waals surface area contributed by atoms with Crippen molar-refractivity contribution in [2.24, 2.45) is 0 Å². The van der Waals surface area contributed by atoms with Gasteiger partial charge in [-0.2, -0.15) is 10.5 Å². The van der Waals surface area contributed by atoms with E-state index in [9.17, 15) is 0 Å². The van der Waals surface area contributed by atoms with Gasteiger partial charge in [-0.3, -0.25) is 0 Å². The molecule has 1 aromatic heterocycles. The molecule has 0 saturated heterocycles. The first-order valence-electron chi connectivity index (χ1n) is 4.30. The van der Waals surface area contributed by atoms with Crippen LogP contribution in [0, 0.1) is 22.7 Å². The maximum atomic E-state index is 8.89. The molecule has 2 rings (SSSR count). The lowest BCUT2D eigenvalue weighted by Gasteiger charge is -1.98. The summed E-state index contributed by atoms with van der Waals surface area (Å²) < 4.78 is 0. The van der Waals surface area contributed by atoms with E-state index in [4.69, 9.17) is 10.5 Å². The number of nitriles is 2. The Labute approximate surface area is 86.4 Å². The van der Waals surface area contributed by atoms with Crippen molar-refractivity contribution in [3.05, 3.63) is 41.9 Å². The topological polar surface area (TPSA) is 76.3 Å². The Hall–Kier alpha value is -2.59. The van der Waals surface area contributed by atoms with Crippen LogP contribution in [0.3, 0.4) is 0 Å². The molecule has 4 heteroatoms. The standard InChI is InChI=1S/C11H6N4/c12-5-8-3-1-2-4-9(8)10-7-14-11(6-13)15-10/h1-4,7H,(H,14,15). The molecule has 0 unspecified atom stereocenters. The van der Waals surface area contributed by atoms with Gasteiger partial charge in [-0.1, -0.05) is 18.2 Å². The zero-order chi connectivity index (χ0) is 10.7. The van der Waals surface area contributed by atoms with Crippen molar-refractivity contribution in [3.8, 4) is 23.4 Å². The Kier molecular flexibility index (Phi) is 2.19. The van der Waals surface area contributed by atoms with Crippen molar-refractivity contribution in [3.63, 3.8) is 0 Å². The number of aromatic nitrogens is 2. The van der Waals surface area contributed by atoms with E-state index in [1.54, 1.807) is 18.3 Å². The molecule has 0 bridgehead atoms. The predicted octanol–water partition coefficient (Wildman–Crippen LogP) is 1.82. The minimum absolute atomic E-state index is 0.248. The van der Waals surface area contributed by atoms with Crippen molar-refractivity contribution >= 4 is 0 Å². The number of imidazole rings is 1. The molecule has 0 spiro atoms. The van der Waals surface area contributed by atoms with Crippen LogP contribution in [0.15, 0.2) is 30.5 Å². The van der Waals surface area contributed by atoms with Gasteiger partial charge in [0.1, 0.15) is 6.07 Å². The van der Waals surface area contributed by atoms with Gasteiger partial charge < -0.3 is 4.98 Å². The smallest absolute Gasteiger partial charge is 0.210 e. The van der Waals surface area contributed by atoms with Crippen molar-refractivity contribution < 1.29 is 0 Å². The van der Waals surface area contributed by atoms with Gasteiger partial charge in [0.15, 0.2) is 0 Å². The summed E-state index contributed by atoms with van der Waals surface area (Å²) in [4.78, 5) is 6.69. The highest BCUT2D eigenvalue weighted by Crippen LogP contribution is 2.20. The maximum absolute atomic E-state index is 8.89. The average Bonchev–Trinajstić information content (AvgIpc) is 2.77. The molecule has 0 aliphatic heterocycles. The molecule has 1 aromatic carbocycles. The average molecular weight is 194 g/mol. The number of nitrogens with one attached hydrogen (secondary N) is 1. The number of benzene rings is 1. The number of nitrogens with zero attached hydrogens (tertiary/aromatic N) is 3. The summed E-state index contributed by atoms with van der Waals surface area (Å²) in [6.45, 7) is 0. The van der Waals surface area contributed by atoms with Crippen molar-refractivity contribution in [1.29, 1.82) is 10.5 Å². The first-order chi connectivity index (χ1) is 7.35. The minimum Gasteiger partial charge on any atom is -0.329 e. The summed E-state index contributed by atoms with van der Waals surface area (Å²) in [6, 6.07) is 11.2. The monoisotopic (exact) mass is 194 g/mol. The van der Waals surface area contributed by atoms with Crippen molar-refractivity contribution in [1.82, 2.24) is 9.97 Å². The maximum Gasteiger partial charge on any atom is 0.210 e. The Bertz CT molecular complexity index is 569. The van der Waals surface area contributed by atoms with Crippen LogP contribution in [-0.4, -0.2) is 9.97 Å². The number of rotatable bonds is 1. The molecule has 1 N–H and O–H groups in total. The Morgan fingerprint density at radius 3 is 2.60 bits per heavy atom. The minimum atomic E-state index is 0.248. The van der Waals surface area contributed by atoms with E-state index < -0.39 is 0 Å². The summed E-state index contributed by atoms with van der Waals surface area (Å²) in [5.74, 6) is 0.248. The summed E-state index contributed by atoms with van der Waals surface area (Å²) in [7, 11) is 0. The highest BCUT2D eigenvalue weighted by molar-refractivity contribution is 5.67. The van der Waals surface area contributed by atoms with Crippen LogP contribution < -0.4 is 0 Å². The van der Waals surface area contributed by atoms with Crippen LogP contribution in [0.4, 0.5) is 0 Å². The van der Waals surface area contributed by atoms with E-state index in [2.05, 4.69) is 16.0 Å². The molecule has 0 fully saturated rings. The molecular weight excluding hydrogens is 188 g/mol. The van der Waals surface area contributed by atoms with E-state index in [-0.39, 0.29) is 5.82 Å². The van der Waals surface area contributed by atoms with Gasteiger partial charge in [0.05, 0.1) is 23.5 Å². The molecule has 1 heterocycles. The second-order valence-corrected chi connectivity index (χ2v) is 2.91. The van der Waals surface area contributed by atoms with Gasteiger partial charge in [0, 0.05) is 5.56 Å². The largest absolute Gasteiger partial charge is 0.329 e. The van der Waals surface area contributed by atoms with Crippen LogP contribution in [-0.2, 0) is 0 Å². The fourth-order valence-corrected chi connectivity index (χ4v) is 1.33. The molecule has 15 heavy (non-hydrogen) atoms. The fourth-order valence-electron chi connectivity index (χ4n) is 1.33. The number of aromatic amines is 1. The van der Waals surface area contributed by atoms with Gasteiger partial charge in [0.25, 0.3) is 0 Å². The first kappa shape index (κ1) is 8.98. The lowest BCUT2D eigenvalue weighted by atomic mass is 10.1. The van der Waals surface area contributed by atoms with E-state index >= 15 is 0 Å². The number of hydrogen-bond acceptors (Lipinski definition) is 3. The Morgan fingerprint density at radius 1 is 1.13 bits per heavy atom. The van der Waals surface area contributed by atoms with Gasteiger partial charge in [-0.25, -0.2) is 4.98 Å². The zero-order valence-corrected chi connectivity index (χ0v) is 7.73. The normalized spacial score (nSPS) is 9.20. The van der Waals surface area contributed by atoms with Gasteiger partial charge in [-0.05, 0) is 6.07 Å². The van der Waals surface area contributed by atoms with Crippen LogP contribution in [0.5, 0.6) is 0 Å². The fraction of sp³-hybridized carbons (Fsp3) is 0. The van der Waals surface area contributed by atoms with Crippen molar-refractivity contribution in [2.75, 3.05) is 0 Å². The summed E-state index contributed by atoms with van der Waals surface area (Å²) in [6.07, 6.45) is 1.55. The van der Waals surface area contributed by atoms with Crippen LogP contribution >= 0.6 is 0 Å². The van der Waals surface area contributed by atoms with Gasteiger partial charge >= 0.3 is 0 Å². The van der Waals surface area contributed by atoms with Gasteiger partial charge in [-0.15, -0.1) is 0 Å². The quantitative estimate of drug-likeness (QED) is 0.752. The van der Waals surface area contributed by atoms with Gasteiger partial charge in [0.2, 0.25) is 5.82 Å². The second-order valence-electron chi connectivity index (χ2n) is 2.91. The SMILES string of the molecule is N#Cc1ncc(-c2ccccc2C#N)[nH]1. The predicted molar refractivity (Wildman–Crippen MR) is 53.5 cm³/mol. The summed E-state index contributed by atoms with van der Waals surface area (Å²) in [5.41, 5.74) is 2.00. The second kappa shape index (κ2) is 3.65. The molecule has 2 aromatic rings. The first-order valence-corrected chi connectivity index (χ1v) is 4.30. The van der Waals surface area contributed by atoms with E-state index in [0.717, 1.165) is 5.56 Å².